The largest absolute Gasteiger partial charge is 0.497 e. The van der Waals surface area contributed by atoms with Gasteiger partial charge in [-0.1, -0.05) is 49.7 Å². The van der Waals surface area contributed by atoms with Gasteiger partial charge in [-0.3, -0.25) is 4.79 Å². The van der Waals surface area contributed by atoms with E-state index >= 15 is 0 Å². The molecular weight excluding hydrogens is 474 g/mol. The molecule has 0 spiro atoms. The van der Waals surface area contributed by atoms with Crippen molar-refractivity contribution in [3.8, 4) is 11.8 Å². The minimum absolute atomic E-state index is 0.256. The number of allylic oxidation sites excluding steroid dienone is 1. The maximum atomic E-state index is 12.5. The van der Waals surface area contributed by atoms with Gasteiger partial charge in [0.1, 0.15) is 16.9 Å². The van der Waals surface area contributed by atoms with Gasteiger partial charge in [-0.15, -0.1) is 0 Å². The van der Waals surface area contributed by atoms with Crippen molar-refractivity contribution >= 4 is 51.7 Å². The van der Waals surface area contributed by atoms with E-state index in [1.807, 2.05) is 59.5 Å². The van der Waals surface area contributed by atoms with Gasteiger partial charge in [0.2, 0.25) is 5.88 Å². The van der Waals surface area contributed by atoms with Crippen LogP contribution in [0.5, 0.6) is 5.75 Å². The number of nitrogens with zero attached hydrogens (tertiary/aromatic N) is 2. The summed E-state index contributed by atoms with van der Waals surface area (Å²) in [5.74, 6) is 0.788. The molecule has 1 heterocycles. The Balaban J connectivity index is 1.74. The van der Waals surface area contributed by atoms with Crippen molar-refractivity contribution in [2.75, 3.05) is 18.6 Å². The number of ether oxygens (including phenoxy) is 1. The highest BCUT2D eigenvalue weighted by atomic mass is 35.5. The molecule has 0 atom stereocenters. The highest BCUT2D eigenvalue weighted by Gasteiger charge is 2.25. The predicted octanol–water partition coefficient (Wildman–Crippen LogP) is 7.05. The number of nitriles is 1. The molecule has 0 unspecified atom stereocenters. The van der Waals surface area contributed by atoms with E-state index in [0.29, 0.717) is 34.0 Å². The lowest BCUT2D eigenvalue weighted by Crippen LogP contribution is -2.25. The number of fused-ring (bicyclic) bond motifs is 1. The number of amides is 1. The summed E-state index contributed by atoms with van der Waals surface area (Å²) in [5, 5.41) is 10.9. The summed E-state index contributed by atoms with van der Waals surface area (Å²) in [6, 6.07) is 22.5. The second kappa shape index (κ2) is 10.6. The Kier molecular flexibility index (Phi) is 7.33. The maximum Gasteiger partial charge on any atom is 0.254 e. The van der Waals surface area contributed by atoms with E-state index in [2.05, 4.69) is 19.9 Å². The van der Waals surface area contributed by atoms with Crippen molar-refractivity contribution in [3.63, 3.8) is 0 Å². The summed E-state index contributed by atoms with van der Waals surface area (Å²) in [5.41, 5.74) is 9.59. The van der Waals surface area contributed by atoms with Crippen LogP contribution in [0.15, 0.2) is 71.1 Å². The number of nitrogens with two attached hydrogens (primary N) is 1. The van der Waals surface area contributed by atoms with Gasteiger partial charge < -0.3 is 19.8 Å². The molecule has 6 nitrogen and oxygen atoms in total. The van der Waals surface area contributed by atoms with E-state index in [0.717, 1.165) is 22.6 Å². The standard InChI is InChI=1S/C29H26ClN3O3/c1-18(2)17-33(29-27(28(32)34)25-15-22(30)8-13-26(25)36-29)23-9-6-20(7-10-23)21(16-31)14-19-4-11-24(35-3)12-5-19/h4-15,18H,17H2,1-3H3,(H2,32,34)/b21-14+. The molecule has 1 aromatic heterocycles. The van der Waals surface area contributed by atoms with Crippen LogP contribution in [0.4, 0.5) is 11.6 Å². The number of carbonyl (C=O) groups is 1. The second-order valence-corrected chi connectivity index (χ2v) is 9.22. The Hall–Kier alpha value is -4.21. The average molecular weight is 500 g/mol. The van der Waals surface area contributed by atoms with E-state index in [9.17, 15) is 10.1 Å². The first-order valence-electron chi connectivity index (χ1n) is 11.5. The molecule has 7 heteroatoms. The van der Waals surface area contributed by atoms with Crippen LogP contribution in [-0.2, 0) is 0 Å². The number of furan rings is 1. The van der Waals surface area contributed by atoms with E-state index in [4.69, 9.17) is 26.5 Å². The Morgan fingerprint density at radius 2 is 1.83 bits per heavy atom. The number of rotatable bonds is 8. The van der Waals surface area contributed by atoms with Crippen LogP contribution in [0.1, 0.15) is 35.3 Å². The topological polar surface area (TPSA) is 92.5 Å². The van der Waals surface area contributed by atoms with Gasteiger partial charge >= 0.3 is 0 Å². The minimum atomic E-state index is -0.592. The van der Waals surface area contributed by atoms with E-state index < -0.39 is 5.91 Å². The lowest BCUT2D eigenvalue weighted by atomic mass is 10.0. The van der Waals surface area contributed by atoms with Gasteiger partial charge in [0.25, 0.3) is 5.91 Å². The highest BCUT2D eigenvalue weighted by molar-refractivity contribution is 6.31. The molecule has 2 N–H and O–H groups in total. The highest BCUT2D eigenvalue weighted by Crippen LogP contribution is 2.38. The zero-order valence-electron chi connectivity index (χ0n) is 20.3. The fourth-order valence-corrected chi connectivity index (χ4v) is 4.20. The van der Waals surface area contributed by atoms with Crippen molar-refractivity contribution in [2.24, 2.45) is 11.7 Å². The molecule has 4 rings (SSSR count). The molecule has 0 fully saturated rings. The third kappa shape index (κ3) is 5.22. The molecule has 3 aromatic carbocycles. The van der Waals surface area contributed by atoms with Crippen molar-refractivity contribution in [1.29, 1.82) is 5.26 Å². The normalized spacial score (nSPS) is 11.5. The van der Waals surface area contributed by atoms with Crippen molar-refractivity contribution in [1.82, 2.24) is 0 Å². The minimum Gasteiger partial charge on any atom is -0.497 e. The smallest absolute Gasteiger partial charge is 0.254 e. The molecule has 0 aliphatic rings. The van der Waals surface area contributed by atoms with Crippen LogP contribution in [0.3, 0.4) is 0 Å². The number of hydrogen-bond donors (Lipinski definition) is 1. The molecule has 36 heavy (non-hydrogen) atoms. The van der Waals surface area contributed by atoms with Gasteiger partial charge in [0, 0.05) is 22.6 Å². The Bertz CT molecular complexity index is 1460. The molecule has 0 aliphatic heterocycles. The van der Waals surface area contributed by atoms with Crippen molar-refractivity contribution < 1.29 is 13.9 Å². The summed E-state index contributed by atoms with van der Waals surface area (Å²) in [6.45, 7) is 4.74. The van der Waals surface area contributed by atoms with Gasteiger partial charge in [-0.25, -0.2) is 0 Å². The maximum absolute atomic E-state index is 12.5. The summed E-state index contributed by atoms with van der Waals surface area (Å²) < 4.78 is 11.3. The molecule has 0 radical (unpaired) electrons. The average Bonchev–Trinajstić information content (AvgIpc) is 3.25. The molecule has 0 saturated heterocycles. The monoisotopic (exact) mass is 499 g/mol. The first-order chi connectivity index (χ1) is 17.3. The number of methoxy groups -OCH3 is 1. The zero-order valence-corrected chi connectivity index (χ0v) is 21.0. The first-order valence-corrected chi connectivity index (χ1v) is 11.8. The Morgan fingerprint density at radius 1 is 1.14 bits per heavy atom. The number of benzene rings is 3. The van der Waals surface area contributed by atoms with E-state index in [1.165, 1.54) is 0 Å². The van der Waals surface area contributed by atoms with Crippen LogP contribution in [-0.4, -0.2) is 19.6 Å². The quantitative estimate of drug-likeness (QED) is 0.207. The number of anilines is 2. The first kappa shape index (κ1) is 24.9. The zero-order chi connectivity index (χ0) is 25.8. The SMILES string of the molecule is COc1ccc(/C=C(\C#N)c2ccc(N(CC(C)C)c3oc4ccc(Cl)cc4c3C(N)=O)cc2)cc1. The fraction of sp³-hybridized carbons (Fsp3) is 0.172. The van der Waals surface area contributed by atoms with Crippen molar-refractivity contribution in [3.05, 3.63) is 88.4 Å². The molecule has 0 aliphatic carbocycles. The van der Waals surface area contributed by atoms with Crippen LogP contribution in [0.2, 0.25) is 5.02 Å². The molecule has 1 amide bonds. The number of halogens is 1. The van der Waals surface area contributed by atoms with E-state index in [1.54, 1.807) is 25.3 Å². The second-order valence-electron chi connectivity index (χ2n) is 8.78. The van der Waals surface area contributed by atoms with Crippen molar-refractivity contribution in [2.45, 2.75) is 13.8 Å². The number of carbonyl (C=O) groups excluding carboxylic acids is 1. The summed E-state index contributed by atoms with van der Waals surface area (Å²) in [4.78, 5) is 14.4. The molecule has 4 aromatic rings. The molecule has 0 bridgehead atoms. The third-order valence-electron chi connectivity index (χ3n) is 5.71. The van der Waals surface area contributed by atoms with Gasteiger partial charge in [0.05, 0.1) is 18.8 Å². The van der Waals surface area contributed by atoms with Crippen LogP contribution in [0.25, 0.3) is 22.6 Å². The van der Waals surface area contributed by atoms with Crippen LogP contribution < -0.4 is 15.4 Å². The molecular formula is C29H26ClN3O3. The summed E-state index contributed by atoms with van der Waals surface area (Å²) in [6.07, 6.45) is 1.83. The molecule has 0 saturated carbocycles. The Labute approximate surface area is 215 Å². The van der Waals surface area contributed by atoms with Crippen LogP contribution >= 0.6 is 11.6 Å². The number of primary amides is 1. The van der Waals surface area contributed by atoms with Crippen LogP contribution in [0, 0.1) is 17.2 Å². The van der Waals surface area contributed by atoms with Gasteiger partial charge in [-0.05, 0) is 65.6 Å². The summed E-state index contributed by atoms with van der Waals surface area (Å²) in [7, 11) is 1.61. The third-order valence-corrected chi connectivity index (χ3v) is 5.94. The summed E-state index contributed by atoms with van der Waals surface area (Å²) >= 11 is 6.17. The van der Waals surface area contributed by atoms with E-state index in [-0.39, 0.29) is 11.5 Å². The van der Waals surface area contributed by atoms with Gasteiger partial charge in [0.15, 0.2) is 0 Å². The number of hydrogen-bond acceptors (Lipinski definition) is 5. The van der Waals surface area contributed by atoms with Gasteiger partial charge in [-0.2, -0.15) is 5.26 Å². The fourth-order valence-electron chi connectivity index (χ4n) is 4.02. The predicted molar refractivity (Wildman–Crippen MR) is 145 cm³/mol. The Morgan fingerprint density at radius 3 is 2.42 bits per heavy atom. The lowest BCUT2D eigenvalue weighted by molar-refractivity contribution is 0.100. The lowest BCUT2D eigenvalue weighted by Gasteiger charge is -2.25. The molecule has 182 valence electrons.